The zero-order valence-corrected chi connectivity index (χ0v) is 17.2. The third-order valence-electron chi connectivity index (χ3n) is 4.50. The Kier molecular flexibility index (Phi) is 7.98. The smallest absolute Gasteiger partial charge is 0.265 e. The van der Waals surface area contributed by atoms with Crippen molar-refractivity contribution in [3.05, 3.63) is 35.4 Å². The molecular formula is C21H28N2O3S. The molecule has 0 N–H and O–H groups in total. The summed E-state index contributed by atoms with van der Waals surface area (Å²) in [5.74, 6) is 0.114. The van der Waals surface area contributed by atoms with Crippen LogP contribution in [0, 0.1) is 0 Å². The Morgan fingerprint density at radius 1 is 0.926 bits per heavy atom. The molecule has 1 aromatic carbocycles. The van der Waals surface area contributed by atoms with Crippen molar-refractivity contribution in [1.29, 1.82) is 0 Å². The van der Waals surface area contributed by atoms with Crippen LogP contribution in [0.2, 0.25) is 0 Å². The Labute approximate surface area is 167 Å². The van der Waals surface area contributed by atoms with Gasteiger partial charge in [0, 0.05) is 13.1 Å². The van der Waals surface area contributed by atoms with Gasteiger partial charge < -0.3 is 4.74 Å². The van der Waals surface area contributed by atoms with E-state index >= 15 is 0 Å². The number of thiocarbonyl (C=S) groups is 1. The molecule has 1 saturated heterocycles. The molecule has 1 aromatic rings. The highest BCUT2D eigenvalue weighted by Crippen LogP contribution is 2.21. The fraction of sp³-hybridized carbons (Fsp3) is 0.476. The Bertz CT molecular complexity index is 685. The molecule has 1 aliphatic rings. The van der Waals surface area contributed by atoms with Gasteiger partial charge in [-0.3, -0.25) is 19.4 Å². The van der Waals surface area contributed by atoms with Crippen molar-refractivity contribution in [2.24, 2.45) is 0 Å². The SMILES string of the molecule is CCCCCCOc1ccc(C=C2C(=O)N(CC)C(=S)N(CC)C2=O)cc1. The van der Waals surface area contributed by atoms with Gasteiger partial charge in [0.05, 0.1) is 6.61 Å². The molecule has 0 saturated carbocycles. The van der Waals surface area contributed by atoms with Crippen molar-refractivity contribution >= 4 is 35.2 Å². The number of rotatable bonds is 9. The van der Waals surface area contributed by atoms with Crippen molar-refractivity contribution in [1.82, 2.24) is 9.80 Å². The van der Waals surface area contributed by atoms with Gasteiger partial charge in [-0.2, -0.15) is 0 Å². The van der Waals surface area contributed by atoms with E-state index in [1.165, 1.54) is 29.1 Å². The van der Waals surface area contributed by atoms with Crippen molar-refractivity contribution in [3.8, 4) is 5.75 Å². The maximum atomic E-state index is 12.6. The number of ether oxygens (including phenoxy) is 1. The summed E-state index contributed by atoms with van der Waals surface area (Å²) in [6.07, 6.45) is 6.28. The van der Waals surface area contributed by atoms with E-state index in [1.54, 1.807) is 6.08 Å². The lowest BCUT2D eigenvalue weighted by atomic mass is 10.1. The van der Waals surface area contributed by atoms with E-state index in [2.05, 4.69) is 6.92 Å². The first kappa shape index (κ1) is 21.1. The molecule has 146 valence electrons. The molecular weight excluding hydrogens is 360 g/mol. The molecule has 5 nitrogen and oxygen atoms in total. The molecule has 0 aromatic heterocycles. The fourth-order valence-electron chi connectivity index (χ4n) is 2.93. The summed E-state index contributed by atoms with van der Waals surface area (Å²) in [4.78, 5) is 28.2. The Balaban J connectivity index is 2.10. The van der Waals surface area contributed by atoms with Gasteiger partial charge in [0.1, 0.15) is 11.3 Å². The molecule has 1 fully saturated rings. The molecule has 27 heavy (non-hydrogen) atoms. The quantitative estimate of drug-likeness (QED) is 0.277. The topological polar surface area (TPSA) is 49.9 Å². The number of unbranched alkanes of at least 4 members (excludes halogenated alkanes) is 3. The summed E-state index contributed by atoms with van der Waals surface area (Å²) in [5, 5.41) is 0.277. The third kappa shape index (κ3) is 5.16. The number of hydrogen-bond acceptors (Lipinski definition) is 4. The van der Waals surface area contributed by atoms with Gasteiger partial charge in [0.2, 0.25) is 0 Å². The first-order chi connectivity index (χ1) is 13.0. The van der Waals surface area contributed by atoms with Crippen LogP contribution >= 0.6 is 12.2 Å². The van der Waals surface area contributed by atoms with E-state index in [-0.39, 0.29) is 22.5 Å². The van der Waals surface area contributed by atoms with Gasteiger partial charge in [-0.05, 0) is 56.3 Å². The number of likely N-dealkylation sites (N-methyl/N-ethyl adjacent to an activating group) is 2. The largest absolute Gasteiger partial charge is 0.494 e. The molecule has 0 aliphatic carbocycles. The molecule has 6 heteroatoms. The van der Waals surface area contributed by atoms with E-state index < -0.39 is 0 Å². The normalized spacial score (nSPS) is 14.8. The van der Waals surface area contributed by atoms with Crippen LogP contribution in [0.4, 0.5) is 0 Å². The number of hydrogen-bond donors (Lipinski definition) is 0. The van der Waals surface area contributed by atoms with Crippen LogP contribution in [-0.2, 0) is 9.59 Å². The van der Waals surface area contributed by atoms with E-state index in [0.29, 0.717) is 19.7 Å². The zero-order valence-electron chi connectivity index (χ0n) is 16.4. The number of carbonyl (C=O) groups excluding carboxylic acids is 2. The lowest BCUT2D eigenvalue weighted by Crippen LogP contribution is -2.55. The average molecular weight is 389 g/mol. The molecule has 0 radical (unpaired) electrons. The molecule has 1 heterocycles. The second kappa shape index (κ2) is 10.2. The summed E-state index contributed by atoms with van der Waals surface area (Å²) in [7, 11) is 0. The van der Waals surface area contributed by atoms with Crippen molar-refractivity contribution < 1.29 is 14.3 Å². The van der Waals surface area contributed by atoms with Crippen LogP contribution < -0.4 is 4.74 Å². The van der Waals surface area contributed by atoms with Crippen molar-refractivity contribution in [2.75, 3.05) is 19.7 Å². The van der Waals surface area contributed by atoms with Gasteiger partial charge in [0.25, 0.3) is 11.8 Å². The van der Waals surface area contributed by atoms with Crippen molar-refractivity contribution in [2.45, 2.75) is 46.5 Å². The minimum atomic E-state index is -0.339. The molecule has 0 bridgehead atoms. The van der Waals surface area contributed by atoms with Crippen molar-refractivity contribution in [3.63, 3.8) is 0 Å². The second-order valence-corrected chi connectivity index (χ2v) is 6.78. The van der Waals surface area contributed by atoms with Crippen LogP contribution in [-0.4, -0.2) is 46.4 Å². The molecule has 2 amide bonds. The highest BCUT2D eigenvalue weighted by atomic mass is 32.1. The predicted molar refractivity (Wildman–Crippen MR) is 111 cm³/mol. The number of amides is 2. The van der Waals surface area contributed by atoms with Gasteiger partial charge in [0.15, 0.2) is 5.11 Å². The lowest BCUT2D eigenvalue weighted by molar-refractivity contribution is -0.133. The minimum Gasteiger partial charge on any atom is -0.494 e. The second-order valence-electron chi connectivity index (χ2n) is 6.42. The Morgan fingerprint density at radius 3 is 2.04 bits per heavy atom. The van der Waals surface area contributed by atoms with E-state index in [0.717, 1.165) is 17.7 Å². The van der Waals surface area contributed by atoms with Crippen LogP contribution in [0.5, 0.6) is 5.75 Å². The van der Waals surface area contributed by atoms with Crippen LogP contribution in [0.1, 0.15) is 52.0 Å². The molecule has 0 unspecified atom stereocenters. The lowest BCUT2D eigenvalue weighted by Gasteiger charge is -2.35. The van der Waals surface area contributed by atoms with E-state index in [1.807, 2.05) is 38.1 Å². The maximum absolute atomic E-state index is 12.6. The Hall–Kier alpha value is -2.21. The fourth-order valence-corrected chi connectivity index (χ4v) is 3.35. The molecule has 0 spiro atoms. The molecule has 1 aliphatic heterocycles. The van der Waals surface area contributed by atoms with Gasteiger partial charge in [-0.15, -0.1) is 0 Å². The first-order valence-corrected chi connectivity index (χ1v) is 10.1. The highest BCUT2D eigenvalue weighted by molar-refractivity contribution is 7.80. The van der Waals surface area contributed by atoms with Gasteiger partial charge in [-0.25, -0.2) is 0 Å². The maximum Gasteiger partial charge on any atom is 0.265 e. The summed E-state index contributed by atoms with van der Waals surface area (Å²) in [5.41, 5.74) is 0.922. The van der Waals surface area contributed by atoms with Crippen LogP contribution in [0.3, 0.4) is 0 Å². The third-order valence-corrected chi connectivity index (χ3v) is 4.94. The van der Waals surface area contributed by atoms with Crippen LogP contribution in [0.25, 0.3) is 6.08 Å². The molecule has 0 atom stereocenters. The zero-order chi connectivity index (χ0) is 19.8. The Morgan fingerprint density at radius 2 is 1.52 bits per heavy atom. The van der Waals surface area contributed by atoms with Gasteiger partial charge >= 0.3 is 0 Å². The summed E-state index contributed by atoms with van der Waals surface area (Å²) in [6, 6.07) is 7.44. The van der Waals surface area contributed by atoms with E-state index in [9.17, 15) is 9.59 Å². The van der Waals surface area contributed by atoms with Crippen LogP contribution in [0.15, 0.2) is 29.8 Å². The standard InChI is InChI=1S/C21H28N2O3S/c1-4-7-8-9-14-26-17-12-10-16(11-13-17)15-18-19(24)22(5-2)21(27)23(6-3)20(18)25/h10-13,15H,4-9,14H2,1-3H3. The first-order valence-electron chi connectivity index (χ1n) is 9.65. The highest BCUT2D eigenvalue weighted by Gasteiger charge is 2.37. The number of benzene rings is 1. The van der Waals surface area contributed by atoms with E-state index in [4.69, 9.17) is 17.0 Å². The minimum absolute atomic E-state index is 0.139. The monoisotopic (exact) mass is 388 g/mol. The average Bonchev–Trinajstić information content (AvgIpc) is 2.67. The summed E-state index contributed by atoms with van der Waals surface area (Å²) in [6.45, 7) is 7.44. The molecule has 2 rings (SSSR count). The number of nitrogens with zero attached hydrogens (tertiary/aromatic N) is 2. The van der Waals surface area contributed by atoms with Gasteiger partial charge in [-0.1, -0.05) is 38.3 Å². The summed E-state index contributed by atoms with van der Waals surface area (Å²) >= 11 is 5.27. The predicted octanol–water partition coefficient (Wildman–Crippen LogP) is 4.02. The number of carbonyl (C=O) groups is 2. The summed E-state index contributed by atoms with van der Waals surface area (Å²) < 4.78 is 5.73.